The molecular weight excluding hydrogens is 492 g/mol. The first-order valence-electron chi connectivity index (χ1n) is 10.9. The molecule has 0 saturated heterocycles. The van der Waals surface area contributed by atoms with Gasteiger partial charge in [0.25, 0.3) is 10.0 Å². The van der Waals surface area contributed by atoms with Gasteiger partial charge in [-0.25, -0.2) is 27.2 Å². The Labute approximate surface area is 205 Å². The molecule has 0 fully saturated rings. The van der Waals surface area contributed by atoms with Crippen molar-refractivity contribution >= 4 is 38.6 Å². The Kier molecular flexibility index (Phi) is 5.62. The lowest BCUT2D eigenvalue weighted by Crippen LogP contribution is -2.20. The minimum atomic E-state index is -4.42. The van der Waals surface area contributed by atoms with Crippen LogP contribution in [-0.2, 0) is 14.8 Å². The number of imidazole rings is 1. The third kappa shape index (κ3) is 3.92. The standard InChI is InChI=1S/C24H21F2N5O4S/c1-12(2)21-22(32)29-24-28-17-6-4-13(9-19(17)31(21)24)14-8-18(23(35-3)27-11-14)30-36(33,34)20-7-5-15(25)10-16(20)26/h4-12,21,30H,1-3H3,(H,28,29,32)/t21-/m0/s1. The van der Waals surface area contributed by atoms with Crippen molar-refractivity contribution in [2.24, 2.45) is 5.92 Å². The molecule has 1 aliphatic rings. The van der Waals surface area contributed by atoms with Crippen LogP contribution in [-0.4, -0.2) is 36.0 Å². The van der Waals surface area contributed by atoms with Crippen LogP contribution in [0.3, 0.4) is 0 Å². The van der Waals surface area contributed by atoms with Crippen LogP contribution >= 0.6 is 0 Å². The van der Waals surface area contributed by atoms with Crippen molar-refractivity contribution in [3.63, 3.8) is 0 Å². The van der Waals surface area contributed by atoms with E-state index in [0.717, 1.165) is 17.6 Å². The largest absolute Gasteiger partial charge is 0.480 e. The molecule has 36 heavy (non-hydrogen) atoms. The highest BCUT2D eigenvalue weighted by Crippen LogP contribution is 2.37. The average molecular weight is 514 g/mol. The molecule has 186 valence electrons. The fraction of sp³-hybridized carbons (Fsp3) is 0.208. The minimum Gasteiger partial charge on any atom is -0.480 e. The molecule has 3 heterocycles. The lowest BCUT2D eigenvalue weighted by molar-refractivity contribution is -0.119. The van der Waals surface area contributed by atoms with Crippen molar-refractivity contribution in [2.45, 2.75) is 24.8 Å². The first-order valence-corrected chi connectivity index (χ1v) is 12.4. The molecule has 2 aromatic heterocycles. The predicted octanol–water partition coefficient (Wildman–Crippen LogP) is 4.34. The fourth-order valence-corrected chi connectivity index (χ4v) is 5.39. The molecular formula is C24H21F2N5O4S. The van der Waals surface area contributed by atoms with Gasteiger partial charge in [-0.2, -0.15) is 0 Å². The van der Waals surface area contributed by atoms with Gasteiger partial charge in [-0.05, 0) is 41.8 Å². The number of methoxy groups -OCH3 is 1. The number of fused-ring (bicyclic) bond motifs is 3. The smallest absolute Gasteiger partial charge is 0.264 e. The van der Waals surface area contributed by atoms with Crippen LogP contribution in [0.2, 0.25) is 0 Å². The normalized spacial score (nSPS) is 15.3. The van der Waals surface area contributed by atoms with E-state index in [1.807, 2.05) is 24.5 Å². The topological polar surface area (TPSA) is 115 Å². The first-order chi connectivity index (χ1) is 17.1. The molecule has 0 bridgehead atoms. The highest BCUT2D eigenvalue weighted by molar-refractivity contribution is 7.92. The van der Waals surface area contributed by atoms with E-state index in [1.54, 1.807) is 12.1 Å². The zero-order valence-corrected chi connectivity index (χ0v) is 20.2. The van der Waals surface area contributed by atoms with E-state index in [2.05, 4.69) is 20.0 Å². The van der Waals surface area contributed by atoms with Crippen LogP contribution in [0.1, 0.15) is 19.9 Å². The van der Waals surface area contributed by atoms with E-state index >= 15 is 0 Å². The third-order valence-corrected chi connectivity index (χ3v) is 7.31. The zero-order valence-electron chi connectivity index (χ0n) is 19.4. The van der Waals surface area contributed by atoms with E-state index in [1.165, 1.54) is 19.4 Å². The lowest BCUT2D eigenvalue weighted by atomic mass is 10.0. The molecule has 1 aliphatic heterocycles. The number of halogens is 2. The van der Waals surface area contributed by atoms with Crippen LogP contribution in [0, 0.1) is 17.6 Å². The van der Waals surface area contributed by atoms with Crippen molar-refractivity contribution in [3.05, 3.63) is 60.3 Å². The van der Waals surface area contributed by atoms with Gasteiger partial charge in [-0.3, -0.25) is 19.4 Å². The van der Waals surface area contributed by atoms with Crippen LogP contribution < -0.4 is 14.8 Å². The van der Waals surface area contributed by atoms with Gasteiger partial charge in [-0.15, -0.1) is 0 Å². The number of benzene rings is 2. The molecule has 4 aromatic rings. The molecule has 1 atom stereocenters. The van der Waals surface area contributed by atoms with Crippen LogP contribution in [0.5, 0.6) is 5.88 Å². The summed E-state index contributed by atoms with van der Waals surface area (Å²) in [5, 5.41) is 2.80. The second-order valence-corrected chi connectivity index (χ2v) is 10.3. The Hall–Kier alpha value is -4.06. The number of amides is 1. The highest BCUT2D eigenvalue weighted by atomic mass is 32.2. The molecule has 0 unspecified atom stereocenters. The Morgan fingerprint density at radius 2 is 1.89 bits per heavy atom. The van der Waals surface area contributed by atoms with Crippen LogP contribution in [0.25, 0.3) is 22.2 Å². The van der Waals surface area contributed by atoms with Gasteiger partial charge in [0.1, 0.15) is 28.3 Å². The first kappa shape index (κ1) is 23.7. The number of aromatic nitrogens is 3. The summed E-state index contributed by atoms with van der Waals surface area (Å²) in [6, 6.07) is 8.68. The molecule has 0 spiro atoms. The maximum Gasteiger partial charge on any atom is 0.264 e. The van der Waals surface area contributed by atoms with Gasteiger partial charge in [-0.1, -0.05) is 19.9 Å². The van der Waals surface area contributed by atoms with Gasteiger partial charge in [0.05, 0.1) is 18.1 Å². The number of anilines is 2. The lowest BCUT2D eigenvalue weighted by Gasteiger charge is -2.16. The predicted molar refractivity (Wildman–Crippen MR) is 129 cm³/mol. The van der Waals surface area contributed by atoms with Gasteiger partial charge in [0.15, 0.2) is 0 Å². The number of carbonyl (C=O) groups is 1. The summed E-state index contributed by atoms with van der Waals surface area (Å²) in [7, 11) is -3.11. The molecule has 0 aliphatic carbocycles. The maximum absolute atomic E-state index is 14.2. The molecule has 12 heteroatoms. The van der Waals surface area contributed by atoms with Crippen LogP contribution in [0.15, 0.2) is 53.6 Å². The van der Waals surface area contributed by atoms with E-state index in [0.29, 0.717) is 28.7 Å². The number of rotatable bonds is 6. The van der Waals surface area contributed by atoms with Crippen molar-refractivity contribution in [1.82, 2.24) is 14.5 Å². The summed E-state index contributed by atoms with van der Waals surface area (Å²) in [5.74, 6) is -1.79. The van der Waals surface area contributed by atoms with Gasteiger partial charge in [0, 0.05) is 17.8 Å². The SMILES string of the molecule is COc1ncc(-c2ccc3nc4n(c3c2)[C@@H](C(C)C)C(=O)N4)cc1NS(=O)(=O)c1ccc(F)cc1F. The number of hydrogen-bond donors (Lipinski definition) is 2. The number of ether oxygens (including phenoxy) is 1. The molecule has 0 saturated carbocycles. The van der Waals surface area contributed by atoms with Crippen molar-refractivity contribution in [2.75, 3.05) is 17.1 Å². The van der Waals surface area contributed by atoms with E-state index in [9.17, 15) is 22.0 Å². The molecule has 9 nitrogen and oxygen atoms in total. The van der Waals surface area contributed by atoms with Gasteiger partial charge in [0.2, 0.25) is 17.7 Å². The van der Waals surface area contributed by atoms with E-state index in [4.69, 9.17) is 4.74 Å². The van der Waals surface area contributed by atoms with Crippen LogP contribution in [0.4, 0.5) is 20.4 Å². The number of nitrogens with zero attached hydrogens (tertiary/aromatic N) is 3. The fourth-order valence-electron chi connectivity index (χ4n) is 4.28. The summed E-state index contributed by atoms with van der Waals surface area (Å²) in [4.78, 5) is 20.4. The molecule has 0 radical (unpaired) electrons. The molecule has 5 rings (SSSR count). The minimum absolute atomic E-state index is 0.0304. The third-order valence-electron chi connectivity index (χ3n) is 5.91. The number of nitrogens with one attached hydrogen (secondary N) is 2. The summed E-state index contributed by atoms with van der Waals surface area (Å²) in [5.41, 5.74) is 2.59. The number of hydrogen-bond acceptors (Lipinski definition) is 6. The summed E-state index contributed by atoms with van der Waals surface area (Å²) in [6.45, 7) is 3.90. The van der Waals surface area contributed by atoms with Crippen molar-refractivity contribution in [3.8, 4) is 17.0 Å². The Morgan fingerprint density at radius 3 is 2.58 bits per heavy atom. The quantitative estimate of drug-likeness (QED) is 0.397. The van der Waals surface area contributed by atoms with E-state index < -0.39 is 32.6 Å². The van der Waals surface area contributed by atoms with Gasteiger partial charge < -0.3 is 4.74 Å². The number of pyridine rings is 1. The summed E-state index contributed by atoms with van der Waals surface area (Å²) in [6.07, 6.45) is 1.50. The van der Waals surface area contributed by atoms with Gasteiger partial charge >= 0.3 is 0 Å². The Balaban J connectivity index is 1.57. The second-order valence-electron chi connectivity index (χ2n) is 8.65. The zero-order chi connectivity index (χ0) is 25.8. The molecule has 2 aromatic carbocycles. The maximum atomic E-state index is 14.2. The monoisotopic (exact) mass is 513 g/mol. The highest BCUT2D eigenvalue weighted by Gasteiger charge is 2.35. The molecule has 2 N–H and O–H groups in total. The molecule has 1 amide bonds. The Morgan fingerprint density at radius 1 is 1.11 bits per heavy atom. The summed E-state index contributed by atoms with van der Waals surface area (Å²) < 4.78 is 62.4. The number of carbonyl (C=O) groups excluding carboxylic acids is 1. The second kappa shape index (κ2) is 8.55. The van der Waals surface area contributed by atoms with E-state index in [-0.39, 0.29) is 23.4 Å². The Bertz CT molecular complexity index is 1640. The number of sulfonamides is 1. The average Bonchev–Trinajstić information content (AvgIpc) is 3.32. The van der Waals surface area contributed by atoms with Crippen molar-refractivity contribution < 1.29 is 26.7 Å². The summed E-state index contributed by atoms with van der Waals surface area (Å²) >= 11 is 0. The van der Waals surface area contributed by atoms with Crippen molar-refractivity contribution in [1.29, 1.82) is 0 Å².